The molecule has 0 bridgehead atoms. The number of carbonyl (C=O) groups excluding carboxylic acids is 1. The Morgan fingerprint density at radius 2 is 2.20 bits per heavy atom. The van der Waals surface area contributed by atoms with Crippen molar-refractivity contribution in [2.75, 3.05) is 13.2 Å². The van der Waals surface area contributed by atoms with E-state index in [1.807, 2.05) is 13.8 Å². The van der Waals surface area contributed by atoms with Gasteiger partial charge >= 0.3 is 5.97 Å². The predicted molar refractivity (Wildman–Crippen MR) is 60.7 cm³/mol. The van der Waals surface area contributed by atoms with Crippen LogP contribution < -0.4 is 5.32 Å². The zero-order valence-electron chi connectivity index (χ0n) is 9.92. The van der Waals surface area contributed by atoms with Crippen molar-refractivity contribution in [3.8, 4) is 0 Å². The first-order chi connectivity index (χ1) is 7.27. The van der Waals surface area contributed by atoms with Crippen LogP contribution in [0.4, 0.5) is 0 Å². The van der Waals surface area contributed by atoms with E-state index >= 15 is 0 Å². The fourth-order valence-electron chi connectivity index (χ4n) is 1.71. The fraction of sp³-hybridized carbons (Fsp3) is 0.917. The molecule has 0 amide bonds. The number of ether oxygens (including phenoxy) is 1. The summed E-state index contributed by atoms with van der Waals surface area (Å²) in [7, 11) is 0. The fourth-order valence-corrected chi connectivity index (χ4v) is 1.71. The Hall–Kier alpha value is -0.570. The average Bonchev–Trinajstić information content (AvgIpc) is 3.02. The molecule has 1 rings (SSSR count). The maximum atomic E-state index is 11.4. The summed E-state index contributed by atoms with van der Waals surface area (Å²) in [6.45, 7) is 5.26. The molecule has 1 atom stereocenters. The first-order valence-electron chi connectivity index (χ1n) is 6.18. The van der Waals surface area contributed by atoms with Crippen LogP contribution in [0.15, 0.2) is 0 Å². The third-order valence-electron chi connectivity index (χ3n) is 2.86. The van der Waals surface area contributed by atoms with Crippen LogP contribution >= 0.6 is 0 Å². The maximum absolute atomic E-state index is 11.4. The van der Waals surface area contributed by atoms with Gasteiger partial charge in [0.05, 0.1) is 6.61 Å². The van der Waals surface area contributed by atoms with Crippen LogP contribution in [0.5, 0.6) is 0 Å². The third-order valence-corrected chi connectivity index (χ3v) is 2.86. The maximum Gasteiger partial charge on any atom is 0.323 e. The highest BCUT2D eigenvalue weighted by Gasteiger charge is 2.21. The topological polar surface area (TPSA) is 38.3 Å². The van der Waals surface area contributed by atoms with E-state index in [2.05, 4.69) is 5.32 Å². The molecule has 0 saturated heterocycles. The highest BCUT2D eigenvalue weighted by molar-refractivity contribution is 5.75. The summed E-state index contributed by atoms with van der Waals surface area (Å²) in [5.41, 5.74) is 0. The lowest BCUT2D eigenvalue weighted by atomic mass is 10.2. The monoisotopic (exact) mass is 213 g/mol. The number of rotatable bonds is 8. The van der Waals surface area contributed by atoms with Crippen molar-refractivity contribution >= 4 is 5.97 Å². The van der Waals surface area contributed by atoms with Crippen LogP contribution in [0, 0.1) is 5.92 Å². The molecular formula is C12H23NO2. The Morgan fingerprint density at radius 3 is 2.73 bits per heavy atom. The first-order valence-corrected chi connectivity index (χ1v) is 6.18. The van der Waals surface area contributed by atoms with Gasteiger partial charge in [0, 0.05) is 0 Å². The molecule has 0 spiro atoms. The Balaban J connectivity index is 2.05. The minimum absolute atomic E-state index is 0.105. The standard InChI is InChI=1S/C12H23NO2/c1-3-11(12(14)15-4-2)13-9-5-6-10-7-8-10/h10-11,13H,3-9H2,1-2H3. The lowest BCUT2D eigenvalue weighted by Gasteiger charge is -2.15. The van der Waals surface area contributed by atoms with E-state index in [-0.39, 0.29) is 12.0 Å². The van der Waals surface area contributed by atoms with E-state index in [0.29, 0.717) is 6.61 Å². The van der Waals surface area contributed by atoms with Crippen LogP contribution in [-0.4, -0.2) is 25.2 Å². The number of hydrogen-bond acceptors (Lipinski definition) is 3. The molecular weight excluding hydrogens is 190 g/mol. The summed E-state index contributed by atoms with van der Waals surface area (Å²) in [6.07, 6.45) is 6.12. The summed E-state index contributed by atoms with van der Waals surface area (Å²) in [5, 5.41) is 3.26. The summed E-state index contributed by atoms with van der Waals surface area (Å²) < 4.78 is 4.98. The predicted octanol–water partition coefficient (Wildman–Crippen LogP) is 2.11. The van der Waals surface area contributed by atoms with Gasteiger partial charge in [0.15, 0.2) is 0 Å². The van der Waals surface area contributed by atoms with Crippen molar-refractivity contribution in [3.63, 3.8) is 0 Å². The van der Waals surface area contributed by atoms with Crippen LogP contribution in [-0.2, 0) is 9.53 Å². The van der Waals surface area contributed by atoms with Gasteiger partial charge in [-0.05, 0) is 38.6 Å². The highest BCUT2D eigenvalue weighted by atomic mass is 16.5. The highest BCUT2D eigenvalue weighted by Crippen LogP contribution is 2.33. The SMILES string of the molecule is CCOC(=O)C(CC)NCCCC1CC1. The normalized spacial score (nSPS) is 17.5. The second-order valence-corrected chi connectivity index (χ2v) is 4.25. The molecule has 3 heteroatoms. The summed E-state index contributed by atoms with van der Waals surface area (Å²) in [5.74, 6) is 0.876. The zero-order valence-corrected chi connectivity index (χ0v) is 9.92. The van der Waals surface area contributed by atoms with Crippen LogP contribution in [0.1, 0.15) is 46.0 Å². The summed E-state index contributed by atoms with van der Waals surface area (Å²) in [4.78, 5) is 11.4. The zero-order chi connectivity index (χ0) is 11.1. The molecule has 15 heavy (non-hydrogen) atoms. The average molecular weight is 213 g/mol. The quantitative estimate of drug-likeness (QED) is 0.496. The largest absolute Gasteiger partial charge is 0.465 e. The van der Waals surface area contributed by atoms with E-state index in [0.717, 1.165) is 18.9 Å². The second-order valence-electron chi connectivity index (χ2n) is 4.25. The van der Waals surface area contributed by atoms with Crippen LogP contribution in [0.2, 0.25) is 0 Å². The van der Waals surface area contributed by atoms with Crippen molar-refractivity contribution in [2.45, 2.75) is 52.0 Å². The van der Waals surface area contributed by atoms with E-state index < -0.39 is 0 Å². The second kappa shape index (κ2) is 6.83. The minimum atomic E-state index is -0.107. The molecule has 1 aliphatic rings. The Labute approximate surface area is 92.6 Å². The molecule has 0 aromatic carbocycles. The van der Waals surface area contributed by atoms with Crippen molar-refractivity contribution < 1.29 is 9.53 Å². The van der Waals surface area contributed by atoms with Gasteiger partial charge in [-0.15, -0.1) is 0 Å². The lowest BCUT2D eigenvalue weighted by molar-refractivity contribution is -0.145. The molecule has 88 valence electrons. The smallest absolute Gasteiger partial charge is 0.323 e. The molecule has 0 aromatic rings. The first kappa shape index (κ1) is 12.5. The van der Waals surface area contributed by atoms with Gasteiger partial charge in [0.1, 0.15) is 6.04 Å². The summed E-state index contributed by atoms with van der Waals surface area (Å²) in [6, 6.07) is -0.107. The third kappa shape index (κ3) is 5.17. The molecule has 1 N–H and O–H groups in total. The van der Waals surface area contributed by atoms with Crippen molar-refractivity contribution in [1.82, 2.24) is 5.32 Å². The van der Waals surface area contributed by atoms with E-state index in [4.69, 9.17) is 4.74 Å². The van der Waals surface area contributed by atoms with Gasteiger partial charge in [0.25, 0.3) is 0 Å². The number of hydrogen-bond donors (Lipinski definition) is 1. The van der Waals surface area contributed by atoms with Crippen LogP contribution in [0.25, 0.3) is 0 Å². The van der Waals surface area contributed by atoms with Gasteiger partial charge < -0.3 is 10.1 Å². The summed E-state index contributed by atoms with van der Waals surface area (Å²) >= 11 is 0. The van der Waals surface area contributed by atoms with Crippen molar-refractivity contribution in [3.05, 3.63) is 0 Å². The molecule has 1 aliphatic carbocycles. The molecule has 0 heterocycles. The number of nitrogens with one attached hydrogen (secondary N) is 1. The molecule has 0 aliphatic heterocycles. The molecule has 3 nitrogen and oxygen atoms in total. The van der Waals surface area contributed by atoms with Gasteiger partial charge in [-0.25, -0.2) is 0 Å². The molecule has 0 radical (unpaired) electrons. The Morgan fingerprint density at radius 1 is 1.47 bits per heavy atom. The van der Waals surface area contributed by atoms with E-state index in [1.54, 1.807) is 0 Å². The van der Waals surface area contributed by atoms with Crippen molar-refractivity contribution in [2.24, 2.45) is 5.92 Å². The number of esters is 1. The minimum Gasteiger partial charge on any atom is -0.465 e. The van der Waals surface area contributed by atoms with Gasteiger partial charge in [0.2, 0.25) is 0 Å². The van der Waals surface area contributed by atoms with Crippen molar-refractivity contribution in [1.29, 1.82) is 0 Å². The number of carbonyl (C=O) groups is 1. The van der Waals surface area contributed by atoms with E-state index in [1.165, 1.54) is 25.7 Å². The van der Waals surface area contributed by atoms with Gasteiger partial charge in [-0.1, -0.05) is 19.8 Å². The Kier molecular flexibility index (Phi) is 5.69. The molecule has 0 aromatic heterocycles. The van der Waals surface area contributed by atoms with Gasteiger partial charge in [-0.3, -0.25) is 4.79 Å². The van der Waals surface area contributed by atoms with Gasteiger partial charge in [-0.2, -0.15) is 0 Å². The Bertz CT molecular complexity index is 190. The van der Waals surface area contributed by atoms with E-state index in [9.17, 15) is 4.79 Å². The lowest BCUT2D eigenvalue weighted by Crippen LogP contribution is -2.38. The molecule has 1 saturated carbocycles. The molecule has 1 unspecified atom stereocenters. The van der Waals surface area contributed by atoms with Crippen LogP contribution in [0.3, 0.4) is 0 Å². The molecule has 1 fully saturated rings.